The molecule has 4 heteroatoms. The van der Waals surface area contributed by atoms with Gasteiger partial charge in [0, 0.05) is 31.9 Å². The molecule has 1 atom stereocenters. The summed E-state index contributed by atoms with van der Waals surface area (Å²) in [5, 5.41) is 0. The van der Waals surface area contributed by atoms with Crippen LogP contribution < -0.4 is 4.74 Å². The minimum atomic E-state index is -0.380. The van der Waals surface area contributed by atoms with Crippen molar-refractivity contribution < 1.29 is 9.53 Å². The van der Waals surface area contributed by atoms with E-state index in [9.17, 15) is 4.79 Å². The molecular weight excluding hydrogens is 276 g/mol. The van der Waals surface area contributed by atoms with Gasteiger partial charge >= 0.3 is 0 Å². The Labute approximate surface area is 130 Å². The zero-order valence-corrected chi connectivity index (χ0v) is 12.7. The van der Waals surface area contributed by atoms with Crippen LogP contribution >= 0.6 is 0 Å². The number of amides is 1. The van der Waals surface area contributed by atoms with Crippen LogP contribution in [-0.2, 0) is 17.6 Å². The number of fused-ring (bicyclic) bond motifs is 1. The Morgan fingerprint density at radius 1 is 1.27 bits per heavy atom. The van der Waals surface area contributed by atoms with Crippen LogP contribution in [0.3, 0.4) is 0 Å². The summed E-state index contributed by atoms with van der Waals surface area (Å²) in [5.41, 5.74) is 2.31. The predicted molar refractivity (Wildman–Crippen MR) is 84.8 cm³/mol. The molecule has 1 aromatic carbocycles. The first kappa shape index (κ1) is 14.6. The van der Waals surface area contributed by atoms with Crippen LogP contribution in [0.4, 0.5) is 0 Å². The standard InChI is InChI=1S/C18H20N2O2/c1-2-20(12-9-14-7-10-19-11-8-14)18(21)17-13-15-5-3-4-6-16(15)22-17/h3-8,10-11,17H,2,9,12-13H2,1H3. The monoisotopic (exact) mass is 296 g/mol. The van der Waals surface area contributed by atoms with Crippen molar-refractivity contribution in [2.75, 3.05) is 13.1 Å². The number of carbonyl (C=O) groups is 1. The first-order valence-electron chi connectivity index (χ1n) is 7.70. The molecule has 0 aliphatic carbocycles. The zero-order valence-electron chi connectivity index (χ0n) is 12.7. The highest BCUT2D eigenvalue weighted by Gasteiger charge is 2.31. The molecule has 2 heterocycles. The molecule has 2 aromatic rings. The molecule has 0 N–H and O–H groups in total. The topological polar surface area (TPSA) is 42.4 Å². The third-order valence-corrected chi connectivity index (χ3v) is 4.04. The molecule has 22 heavy (non-hydrogen) atoms. The van der Waals surface area contributed by atoms with Crippen LogP contribution in [0.25, 0.3) is 0 Å². The molecular formula is C18H20N2O2. The van der Waals surface area contributed by atoms with Crippen molar-refractivity contribution in [2.45, 2.75) is 25.9 Å². The molecule has 0 radical (unpaired) electrons. The second-order valence-electron chi connectivity index (χ2n) is 5.44. The fourth-order valence-electron chi connectivity index (χ4n) is 2.76. The van der Waals surface area contributed by atoms with E-state index in [-0.39, 0.29) is 12.0 Å². The van der Waals surface area contributed by atoms with Crippen molar-refractivity contribution in [2.24, 2.45) is 0 Å². The molecule has 0 fully saturated rings. The van der Waals surface area contributed by atoms with E-state index >= 15 is 0 Å². The highest BCUT2D eigenvalue weighted by Crippen LogP contribution is 2.28. The number of aromatic nitrogens is 1. The number of nitrogens with zero attached hydrogens (tertiary/aromatic N) is 2. The van der Waals surface area contributed by atoms with Gasteiger partial charge in [-0.2, -0.15) is 0 Å². The SMILES string of the molecule is CCN(CCc1ccncc1)C(=O)C1Cc2ccccc2O1. The number of benzene rings is 1. The minimum absolute atomic E-state index is 0.0766. The van der Waals surface area contributed by atoms with Crippen molar-refractivity contribution in [3.8, 4) is 5.75 Å². The van der Waals surface area contributed by atoms with Gasteiger partial charge in [0.05, 0.1) is 0 Å². The van der Waals surface area contributed by atoms with Gasteiger partial charge in [-0.3, -0.25) is 9.78 Å². The number of rotatable bonds is 5. The molecule has 1 aromatic heterocycles. The summed E-state index contributed by atoms with van der Waals surface area (Å²) in [6.45, 7) is 3.40. The molecule has 0 spiro atoms. The highest BCUT2D eigenvalue weighted by atomic mass is 16.5. The zero-order chi connectivity index (χ0) is 15.4. The van der Waals surface area contributed by atoms with Crippen LogP contribution in [-0.4, -0.2) is 35.0 Å². The van der Waals surface area contributed by atoms with Gasteiger partial charge in [-0.05, 0) is 42.7 Å². The van der Waals surface area contributed by atoms with Crippen molar-refractivity contribution >= 4 is 5.91 Å². The summed E-state index contributed by atoms with van der Waals surface area (Å²) in [5.74, 6) is 0.916. The average Bonchev–Trinajstić information content (AvgIpc) is 3.00. The number of para-hydroxylation sites is 1. The lowest BCUT2D eigenvalue weighted by molar-refractivity contribution is -0.137. The fraction of sp³-hybridized carbons (Fsp3) is 0.333. The summed E-state index contributed by atoms with van der Waals surface area (Å²) in [6, 6.07) is 11.8. The summed E-state index contributed by atoms with van der Waals surface area (Å²) < 4.78 is 5.80. The van der Waals surface area contributed by atoms with E-state index in [0.29, 0.717) is 19.5 Å². The first-order chi connectivity index (χ1) is 10.8. The van der Waals surface area contributed by atoms with Crippen LogP contribution in [0, 0.1) is 0 Å². The maximum absolute atomic E-state index is 12.7. The minimum Gasteiger partial charge on any atom is -0.480 e. The Morgan fingerprint density at radius 3 is 2.77 bits per heavy atom. The van der Waals surface area contributed by atoms with Gasteiger partial charge in [-0.1, -0.05) is 18.2 Å². The van der Waals surface area contributed by atoms with Gasteiger partial charge < -0.3 is 9.64 Å². The average molecular weight is 296 g/mol. The van der Waals surface area contributed by atoms with Gasteiger partial charge in [0.2, 0.25) is 0 Å². The molecule has 1 aliphatic heterocycles. The molecule has 3 rings (SSSR count). The van der Waals surface area contributed by atoms with E-state index in [4.69, 9.17) is 4.74 Å². The number of ether oxygens (including phenoxy) is 1. The van der Waals surface area contributed by atoms with Crippen LogP contribution in [0.1, 0.15) is 18.1 Å². The number of carbonyl (C=O) groups excluding carboxylic acids is 1. The van der Waals surface area contributed by atoms with Crippen molar-refractivity contribution in [1.82, 2.24) is 9.88 Å². The highest BCUT2D eigenvalue weighted by molar-refractivity contribution is 5.82. The number of likely N-dealkylation sites (N-methyl/N-ethyl adjacent to an activating group) is 1. The molecule has 0 saturated heterocycles. The van der Waals surface area contributed by atoms with Crippen LogP contribution in [0.2, 0.25) is 0 Å². The normalized spacial score (nSPS) is 16.0. The third-order valence-electron chi connectivity index (χ3n) is 4.04. The molecule has 114 valence electrons. The molecule has 0 saturated carbocycles. The number of hydrogen-bond donors (Lipinski definition) is 0. The van der Waals surface area contributed by atoms with Crippen molar-refractivity contribution in [1.29, 1.82) is 0 Å². The second kappa shape index (κ2) is 6.60. The Bertz CT molecular complexity index is 618. The van der Waals surface area contributed by atoms with E-state index in [2.05, 4.69) is 4.98 Å². The van der Waals surface area contributed by atoms with Gasteiger partial charge in [-0.15, -0.1) is 0 Å². The van der Waals surface area contributed by atoms with E-state index in [1.807, 2.05) is 48.2 Å². The maximum atomic E-state index is 12.7. The Morgan fingerprint density at radius 2 is 2.05 bits per heavy atom. The third kappa shape index (κ3) is 3.11. The quantitative estimate of drug-likeness (QED) is 0.851. The van der Waals surface area contributed by atoms with Crippen LogP contribution in [0.15, 0.2) is 48.8 Å². The Hall–Kier alpha value is -2.36. The summed E-state index contributed by atoms with van der Waals surface area (Å²) in [4.78, 5) is 18.5. The molecule has 4 nitrogen and oxygen atoms in total. The van der Waals surface area contributed by atoms with Gasteiger partial charge in [-0.25, -0.2) is 0 Å². The fourth-order valence-corrected chi connectivity index (χ4v) is 2.76. The van der Waals surface area contributed by atoms with Crippen molar-refractivity contribution in [3.63, 3.8) is 0 Å². The van der Waals surface area contributed by atoms with Crippen LogP contribution in [0.5, 0.6) is 5.75 Å². The number of hydrogen-bond acceptors (Lipinski definition) is 3. The molecule has 1 unspecified atom stereocenters. The summed E-state index contributed by atoms with van der Waals surface area (Å²) in [6.07, 6.45) is 4.69. The van der Waals surface area contributed by atoms with Crippen molar-refractivity contribution in [3.05, 3.63) is 59.9 Å². The summed E-state index contributed by atoms with van der Waals surface area (Å²) in [7, 11) is 0. The van der Waals surface area contributed by atoms with Gasteiger partial charge in [0.1, 0.15) is 5.75 Å². The lowest BCUT2D eigenvalue weighted by Gasteiger charge is -2.24. The van der Waals surface area contributed by atoms with E-state index < -0.39 is 0 Å². The van der Waals surface area contributed by atoms with Gasteiger partial charge in [0.25, 0.3) is 5.91 Å². The lowest BCUT2D eigenvalue weighted by atomic mass is 10.1. The van der Waals surface area contributed by atoms with E-state index in [0.717, 1.165) is 17.7 Å². The van der Waals surface area contributed by atoms with E-state index in [1.165, 1.54) is 5.56 Å². The first-order valence-corrected chi connectivity index (χ1v) is 7.70. The molecule has 1 amide bonds. The largest absolute Gasteiger partial charge is 0.480 e. The van der Waals surface area contributed by atoms with E-state index in [1.54, 1.807) is 12.4 Å². The smallest absolute Gasteiger partial charge is 0.263 e. The summed E-state index contributed by atoms with van der Waals surface area (Å²) >= 11 is 0. The van der Waals surface area contributed by atoms with Gasteiger partial charge in [0.15, 0.2) is 6.10 Å². The lowest BCUT2D eigenvalue weighted by Crippen LogP contribution is -2.42. The Kier molecular flexibility index (Phi) is 4.37. The molecule has 0 bridgehead atoms. The number of pyridine rings is 1. The predicted octanol–water partition coefficient (Wildman–Crippen LogP) is 2.48. The Balaban J connectivity index is 1.61. The molecule has 1 aliphatic rings. The maximum Gasteiger partial charge on any atom is 0.263 e. The second-order valence-corrected chi connectivity index (χ2v) is 5.44.